The monoisotopic (exact) mass is 239 g/mol. The Kier molecular flexibility index (Phi) is 12.9. The zero-order chi connectivity index (χ0) is 6.85. The summed E-state index contributed by atoms with van der Waals surface area (Å²) in [5.74, 6) is 0.556. The molecule has 0 aromatic rings. The number of halogens is 2. The number of hydrogen-bond acceptors (Lipinski definition) is 0. The van der Waals surface area contributed by atoms with E-state index >= 15 is 0 Å². The molecule has 0 spiro atoms. The zero-order valence-electron chi connectivity index (χ0n) is 7.62. The second kappa shape index (κ2) is 8.38. The molecule has 1 aliphatic carbocycles. The van der Waals surface area contributed by atoms with Crippen LogP contribution in [0.1, 0.15) is 27.2 Å². The molecular weight excluding hydrogens is 227 g/mol. The third-order valence-electron chi connectivity index (χ3n) is 1.73. The molecule has 0 heterocycles. The summed E-state index contributed by atoms with van der Waals surface area (Å²) >= 11 is 0. The van der Waals surface area contributed by atoms with E-state index in [2.05, 4.69) is 32.9 Å². The Balaban J connectivity index is -0.000000270. The van der Waals surface area contributed by atoms with E-state index in [4.69, 9.17) is 0 Å². The molecule has 3 heteroatoms. The molecule has 0 bridgehead atoms. The van der Waals surface area contributed by atoms with Gasteiger partial charge in [-0.05, 0) is 0 Å². The average Bonchev–Trinajstić information content (AvgIpc) is 2.10. The molecule has 0 fully saturated rings. The minimum absolute atomic E-state index is 0. The van der Waals surface area contributed by atoms with Gasteiger partial charge >= 0.3 is 21.7 Å². The second-order valence-electron chi connectivity index (χ2n) is 2.61. The average molecular weight is 240 g/mol. The first-order valence-corrected chi connectivity index (χ1v) is 3.55. The van der Waals surface area contributed by atoms with Crippen molar-refractivity contribution in [3.63, 3.8) is 0 Å². The summed E-state index contributed by atoms with van der Waals surface area (Å²) in [5, 5.41) is 0. The predicted molar refractivity (Wildman–Crippen MR) is 40.0 cm³/mol. The van der Waals surface area contributed by atoms with Crippen molar-refractivity contribution in [3.05, 3.63) is 23.3 Å². The Labute approximate surface area is 103 Å². The van der Waals surface area contributed by atoms with Crippen LogP contribution in [0.4, 0.5) is 0 Å². The van der Waals surface area contributed by atoms with E-state index in [9.17, 15) is 0 Å². The van der Waals surface area contributed by atoms with Gasteiger partial charge < -0.3 is 24.8 Å². The first-order chi connectivity index (χ1) is 4.24. The molecule has 0 aromatic heterocycles. The molecule has 0 aliphatic heterocycles. The van der Waals surface area contributed by atoms with Gasteiger partial charge in [-0.25, -0.2) is 11.1 Å². The van der Waals surface area contributed by atoms with E-state index in [-0.39, 0.29) is 46.5 Å². The van der Waals surface area contributed by atoms with E-state index < -0.39 is 0 Å². The summed E-state index contributed by atoms with van der Waals surface area (Å²) in [5.41, 5.74) is 2.83. The van der Waals surface area contributed by atoms with Gasteiger partial charge in [0.1, 0.15) is 0 Å². The maximum Gasteiger partial charge on any atom is 3.00 e. The fourth-order valence-electron chi connectivity index (χ4n) is 1.29. The normalized spacial score (nSPS) is 19.4. The number of rotatable bonds is 1. The van der Waals surface area contributed by atoms with E-state index in [0.717, 1.165) is 6.42 Å². The van der Waals surface area contributed by atoms with Crippen LogP contribution in [0.2, 0.25) is 0 Å². The van der Waals surface area contributed by atoms with Crippen molar-refractivity contribution >= 4 is 0 Å². The molecule has 1 radical (unpaired) electrons. The molecule has 1 unspecified atom stereocenters. The predicted octanol–water partition coefficient (Wildman–Crippen LogP) is -3.27. The number of hydrogen-bond donors (Lipinski definition) is 0. The minimum Gasteiger partial charge on any atom is -1.00 e. The van der Waals surface area contributed by atoms with Crippen LogP contribution < -0.4 is 24.8 Å². The number of allylic oxidation sites excluding steroid dienone is 4. The summed E-state index contributed by atoms with van der Waals surface area (Å²) in [7, 11) is 0. The van der Waals surface area contributed by atoms with Crippen LogP contribution in [0.15, 0.2) is 17.2 Å². The fraction of sp³-hybridized carbons (Fsp3) is 0.556. The van der Waals surface area contributed by atoms with Gasteiger partial charge in [-0.1, -0.05) is 26.2 Å². The van der Waals surface area contributed by atoms with Gasteiger partial charge in [-0.2, -0.15) is 6.08 Å². The van der Waals surface area contributed by atoms with Crippen LogP contribution in [0, 0.1) is 12.0 Å². The Morgan fingerprint density at radius 2 is 1.92 bits per heavy atom. The van der Waals surface area contributed by atoms with Gasteiger partial charge in [0.2, 0.25) is 0 Å². The molecule has 12 heavy (non-hydrogen) atoms. The molecular formula is C9H13Cl2Ti. The Morgan fingerprint density at radius 1 is 1.42 bits per heavy atom. The summed E-state index contributed by atoms with van der Waals surface area (Å²) in [6.45, 7) is 6.51. The quantitative estimate of drug-likeness (QED) is 0.333. The van der Waals surface area contributed by atoms with Crippen molar-refractivity contribution < 1.29 is 46.5 Å². The molecule has 0 amide bonds. The first-order valence-electron chi connectivity index (χ1n) is 3.55. The van der Waals surface area contributed by atoms with Gasteiger partial charge in [0.25, 0.3) is 0 Å². The Morgan fingerprint density at radius 3 is 2.08 bits per heavy atom. The molecule has 0 N–H and O–H groups in total. The van der Waals surface area contributed by atoms with Crippen LogP contribution in [0.25, 0.3) is 0 Å². The maximum atomic E-state index is 3.38. The van der Waals surface area contributed by atoms with Gasteiger partial charge in [-0.15, -0.1) is 6.92 Å². The van der Waals surface area contributed by atoms with Gasteiger partial charge in [0.15, 0.2) is 0 Å². The van der Waals surface area contributed by atoms with Crippen molar-refractivity contribution in [1.29, 1.82) is 0 Å². The van der Waals surface area contributed by atoms with Gasteiger partial charge in [0, 0.05) is 0 Å². The first kappa shape index (κ1) is 18.5. The third-order valence-corrected chi connectivity index (χ3v) is 1.73. The molecule has 1 aliphatic rings. The molecule has 0 saturated heterocycles. The van der Waals surface area contributed by atoms with Crippen molar-refractivity contribution in [3.8, 4) is 0 Å². The smallest absolute Gasteiger partial charge is 1.00 e. The van der Waals surface area contributed by atoms with Crippen molar-refractivity contribution in [2.24, 2.45) is 5.92 Å². The SMILES string of the molecule is CCC1=[C-]C(C)C=C1C.[Cl-].[Cl-].[Ti+3]. The van der Waals surface area contributed by atoms with E-state index in [1.807, 2.05) is 0 Å². The summed E-state index contributed by atoms with van der Waals surface area (Å²) in [6, 6.07) is 0. The third kappa shape index (κ3) is 4.72. The minimum atomic E-state index is 0. The topological polar surface area (TPSA) is 0 Å². The van der Waals surface area contributed by atoms with Crippen LogP contribution in [0.5, 0.6) is 0 Å². The summed E-state index contributed by atoms with van der Waals surface area (Å²) < 4.78 is 0. The largest absolute Gasteiger partial charge is 3.00 e. The Bertz CT molecular complexity index is 173. The molecule has 0 saturated carbocycles. The van der Waals surface area contributed by atoms with Gasteiger partial charge in [0.05, 0.1) is 0 Å². The van der Waals surface area contributed by atoms with Crippen molar-refractivity contribution in [2.45, 2.75) is 27.2 Å². The summed E-state index contributed by atoms with van der Waals surface area (Å²) in [4.78, 5) is 0. The molecule has 1 atom stereocenters. The van der Waals surface area contributed by atoms with Crippen molar-refractivity contribution in [2.75, 3.05) is 0 Å². The maximum absolute atomic E-state index is 3.38. The van der Waals surface area contributed by atoms with Crippen LogP contribution in [-0.4, -0.2) is 0 Å². The van der Waals surface area contributed by atoms with E-state index in [1.165, 1.54) is 11.1 Å². The molecule has 0 nitrogen and oxygen atoms in total. The second-order valence-corrected chi connectivity index (χ2v) is 2.61. The van der Waals surface area contributed by atoms with Crippen LogP contribution >= 0.6 is 0 Å². The van der Waals surface area contributed by atoms with E-state index in [0.29, 0.717) is 5.92 Å². The molecule has 1 rings (SSSR count). The Hall–Kier alpha value is 0.774. The van der Waals surface area contributed by atoms with E-state index in [1.54, 1.807) is 0 Å². The summed E-state index contributed by atoms with van der Waals surface area (Å²) in [6.07, 6.45) is 6.77. The molecule has 67 valence electrons. The standard InChI is InChI=1S/C9H13.2ClH.Ti/c1-4-9-6-7(2)5-8(9)3;;;/h5,7H,4H2,1-3H3;2*1H;/q-1;;;+3/p-2. The van der Waals surface area contributed by atoms with Crippen LogP contribution in [-0.2, 0) is 21.7 Å². The van der Waals surface area contributed by atoms with Gasteiger partial charge in [-0.3, -0.25) is 6.08 Å². The molecule has 0 aromatic carbocycles. The van der Waals surface area contributed by atoms with Crippen LogP contribution in [0.3, 0.4) is 0 Å². The fourth-order valence-corrected chi connectivity index (χ4v) is 1.29. The van der Waals surface area contributed by atoms with Crippen molar-refractivity contribution in [1.82, 2.24) is 0 Å². The zero-order valence-corrected chi connectivity index (χ0v) is 10.7.